The van der Waals surface area contributed by atoms with Gasteiger partial charge < -0.3 is 19.2 Å². The van der Waals surface area contributed by atoms with Gasteiger partial charge in [0.05, 0.1) is 18.0 Å². The van der Waals surface area contributed by atoms with E-state index in [0.29, 0.717) is 24.4 Å². The molecular weight excluding hydrogens is 446 g/mol. The summed E-state index contributed by atoms with van der Waals surface area (Å²) >= 11 is 0. The highest BCUT2D eigenvalue weighted by Crippen LogP contribution is 2.31. The van der Waals surface area contributed by atoms with Gasteiger partial charge in [0.15, 0.2) is 17.6 Å². The van der Waals surface area contributed by atoms with Crippen molar-refractivity contribution in [2.24, 2.45) is 0 Å². The van der Waals surface area contributed by atoms with Crippen molar-refractivity contribution in [1.29, 1.82) is 0 Å². The molecule has 0 saturated carbocycles. The summed E-state index contributed by atoms with van der Waals surface area (Å²) in [6, 6.07) is 21.2. The zero-order chi connectivity index (χ0) is 24.4. The lowest BCUT2D eigenvalue weighted by Crippen LogP contribution is -2.35. The third-order valence-corrected chi connectivity index (χ3v) is 6.03. The lowest BCUT2D eigenvalue weighted by Gasteiger charge is -2.26. The summed E-state index contributed by atoms with van der Waals surface area (Å²) in [5.74, 6) is -0.0534. The molecule has 0 spiro atoms. The predicted molar refractivity (Wildman–Crippen MR) is 130 cm³/mol. The average Bonchev–Trinajstić information content (AvgIpc) is 2.89. The number of fused-ring (bicyclic) bond motifs is 2. The molecule has 1 atom stereocenters. The van der Waals surface area contributed by atoms with E-state index in [1.807, 2.05) is 54.6 Å². The van der Waals surface area contributed by atoms with Gasteiger partial charge in [0.25, 0.3) is 5.91 Å². The zero-order valence-corrected chi connectivity index (χ0v) is 19.1. The highest BCUT2D eigenvalue weighted by atomic mass is 16.5. The van der Waals surface area contributed by atoms with Crippen molar-refractivity contribution < 1.29 is 23.5 Å². The molecule has 7 heteroatoms. The smallest absolute Gasteiger partial charge is 0.342 e. The summed E-state index contributed by atoms with van der Waals surface area (Å²) in [6.07, 6.45) is 0.618. The van der Waals surface area contributed by atoms with Crippen LogP contribution < -0.4 is 15.5 Å². The zero-order valence-electron chi connectivity index (χ0n) is 19.1. The number of benzene rings is 3. The first-order valence-corrected chi connectivity index (χ1v) is 11.3. The number of carbonyl (C=O) groups is 2. The van der Waals surface area contributed by atoms with Crippen LogP contribution in [-0.2, 0) is 9.53 Å². The van der Waals surface area contributed by atoms with E-state index in [1.165, 1.54) is 6.07 Å². The number of esters is 1. The molecule has 1 amide bonds. The SMILES string of the molecule is Cc1c(-c2ccccc2)oc2c(C(=O)OCC(=O)NC3CCOc4ccccc43)cccc2c1=O. The van der Waals surface area contributed by atoms with Gasteiger partial charge in [-0.05, 0) is 25.1 Å². The normalized spacial score (nSPS) is 14.6. The van der Waals surface area contributed by atoms with Crippen LogP contribution in [0.3, 0.4) is 0 Å². The Balaban J connectivity index is 1.36. The number of rotatable bonds is 5. The molecule has 0 aliphatic carbocycles. The number of carbonyl (C=O) groups excluding carboxylic acids is 2. The Kier molecular flexibility index (Phi) is 6.06. The summed E-state index contributed by atoms with van der Waals surface area (Å²) in [4.78, 5) is 38.5. The van der Waals surface area contributed by atoms with E-state index in [-0.39, 0.29) is 28.0 Å². The Morgan fingerprint density at radius 2 is 1.77 bits per heavy atom. The standard InChI is InChI=1S/C28H23NO6/c1-17-25(31)20-11-7-12-21(27(20)35-26(17)18-8-3-2-4-9-18)28(32)34-16-24(30)29-22-14-15-33-23-13-6-5-10-19(22)23/h2-13,22H,14-16H2,1H3,(H,29,30). The molecule has 3 aromatic carbocycles. The molecule has 35 heavy (non-hydrogen) atoms. The molecule has 7 nitrogen and oxygen atoms in total. The van der Waals surface area contributed by atoms with E-state index < -0.39 is 18.5 Å². The molecular formula is C28H23NO6. The van der Waals surface area contributed by atoms with Gasteiger partial charge in [-0.15, -0.1) is 0 Å². The fourth-order valence-corrected chi connectivity index (χ4v) is 4.27. The molecule has 1 unspecified atom stereocenters. The number of nitrogens with one attached hydrogen (secondary N) is 1. The quantitative estimate of drug-likeness (QED) is 0.431. The second kappa shape index (κ2) is 9.46. The van der Waals surface area contributed by atoms with Crippen LogP contribution in [0.2, 0.25) is 0 Å². The fraction of sp³-hybridized carbons (Fsp3) is 0.179. The van der Waals surface area contributed by atoms with Crippen LogP contribution in [0, 0.1) is 6.92 Å². The molecule has 1 aliphatic heterocycles. The summed E-state index contributed by atoms with van der Waals surface area (Å²) in [6.45, 7) is 1.72. The average molecular weight is 469 g/mol. The first-order valence-electron chi connectivity index (χ1n) is 11.3. The summed E-state index contributed by atoms with van der Waals surface area (Å²) in [5.41, 5.74) is 2.05. The number of ether oxygens (including phenoxy) is 2. The topological polar surface area (TPSA) is 94.8 Å². The Hall–Kier alpha value is -4.39. The lowest BCUT2D eigenvalue weighted by atomic mass is 10.0. The minimum absolute atomic E-state index is 0.0843. The van der Waals surface area contributed by atoms with Gasteiger partial charge in [0.2, 0.25) is 0 Å². The van der Waals surface area contributed by atoms with Crippen LogP contribution in [0.15, 0.2) is 82.0 Å². The van der Waals surface area contributed by atoms with Gasteiger partial charge in [-0.25, -0.2) is 4.79 Å². The van der Waals surface area contributed by atoms with Gasteiger partial charge in [-0.1, -0.05) is 54.6 Å². The second-order valence-corrected chi connectivity index (χ2v) is 8.30. The maximum absolute atomic E-state index is 13.0. The van der Waals surface area contributed by atoms with Crippen LogP contribution in [0.4, 0.5) is 0 Å². The van der Waals surface area contributed by atoms with Gasteiger partial charge in [-0.3, -0.25) is 9.59 Å². The van der Waals surface area contributed by atoms with Crippen molar-refractivity contribution in [2.75, 3.05) is 13.2 Å². The van der Waals surface area contributed by atoms with Crippen molar-refractivity contribution >= 4 is 22.8 Å². The summed E-state index contributed by atoms with van der Waals surface area (Å²) in [5, 5.41) is 3.17. The van der Waals surface area contributed by atoms with E-state index in [0.717, 1.165) is 16.9 Å². The minimum atomic E-state index is -0.746. The van der Waals surface area contributed by atoms with Crippen molar-refractivity contribution in [2.45, 2.75) is 19.4 Å². The van der Waals surface area contributed by atoms with E-state index in [4.69, 9.17) is 13.9 Å². The van der Waals surface area contributed by atoms with Gasteiger partial charge in [-0.2, -0.15) is 0 Å². The van der Waals surface area contributed by atoms with Crippen LogP contribution in [0.25, 0.3) is 22.3 Å². The second-order valence-electron chi connectivity index (χ2n) is 8.30. The minimum Gasteiger partial charge on any atom is -0.493 e. The molecule has 1 N–H and O–H groups in total. The summed E-state index contributed by atoms with van der Waals surface area (Å²) < 4.78 is 17.0. The largest absolute Gasteiger partial charge is 0.493 e. The number of amides is 1. The van der Waals surface area contributed by atoms with Gasteiger partial charge >= 0.3 is 5.97 Å². The van der Waals surface area contributed by atoms with E-state index >= 15 is 0 Å². The molecule has 5 rings (SSSR count). The van der Waals surface area contributed by atoms with Crippen LogP contribution >= 0.6 is 0 Å². The Morgan fingerprint density at radius 1 is 1.00 bits per heavy atom. The molecule has 0 radical (unpaired) electrons. The maximum Gasteiger partial charge on any atom is 0.342 e. The van der Waals surface area contributed by atoms with Gasteiger partial charge in [0.1, 0.15) is 17.1 Å². The molecule has 1 aromatic heterocycles. The first-order chi connectivity index (χ1) is 17.0. The molecule has 176 valence electrons. The van der Waals surface area contributed by atoms with Crippen LogP contribution in [-0.4, -0.2) is 25.1 Å². The lowest BCUT2D eigenvalue weighted by molar-refractivity contribution is -0.125. The number of hydrogen-bond donors (Lipinski definition) is 1. The number of hydrogen-bond acceptors (Lipinski definition) is 6. The first kappa shape index (κ1) is 22.4. The van der Waals surface area contributed by atoms with E-state index in [2.05, 4.69) is 5.32 Å². The Bertz CT molecular complexity index is 1470. The summed E-state index contributed by atoms with van der Waals surface area (Å²) in [7, 11) is 0. The third-order valence-electron chi connectivity index (χ3n) is 6.03. The predicted octanol–water partition coefficient (Wildman–Crippen LogP) is 4.57. The van der Waals surface area contributed by atoms with Crippen molar-refractivity contribution in [3.05, 3.63) is 99.7 Å². The molecule has 0 saturated heterocycles. The van der Waals surface area contributed by atoms with Crippen molar-refractivity contribution in [3.8, 4) is 17.1 Å². The van der Waals surface area contributed by atoms with Crippen molar-refractivity contribution in [1.82, 2.24) is 5.32 Å². The Labute approximate surface area is 201 Å². The molecule has 0 fully saturated rings. The highest BCUT2D eigenvalue weighted by Gasteiger charge is 2.24. The van der Waals surface area contributed by atoms with Gasteiger partial charge in [0, 0.05) is 23.1 Å². The number of para-hydroxylation sites is 2. The molecule has 0 bridgehead atoms. The highest BCUT2D eigenvalue weighted by molar-refractivity contribution is 6.02. The molecule has 2 heterocycles. The molecule has 1 aliphatic rings. The van der Waals surface area contributed by atoms with E-state index in [1.54, 1.807) is 19.1 Å². The monoisotopic (exact) mass is 469 g/mol. The van der Waals surface area contributed by atoms with E-state index in [9.17, 15) is 14.4 Å². The van der Waals surface area contributed by atoms with Crippen molar-refractivity contribution in [3.63, 3.8) is 0 Å². The van der Waals surface area contributed by atoms with Crippen LogP contribution in [0.5, 0.6) is 5.75 Å². The fourth-order valence-electron chi connectivity index (χ4n) is 4.27. The Morgan fingerprint density at radius 3 is 2.60 bits per heavy atom. The maximum atomic E-state index is 13.0. The van der Waals surface area contributed by atoms with Crippen LogP contribution in [0.1, 0.15) is 33.9 Å². The molecule has 4 aromatic rings. The third kappa shape index (κ3) is 4.40.